The molecule has 1 atom stereocenters. The molecule has 4 rings (SSSR count). The first kappa shape index (κ1) is 14.8. The van der Waals surface area contributed by atoms with Crippen LogP contribution in [-0.4, -0.2) is 26.9 Å². The minimum atomic E-state index is -0.114. The predicted octanol–water partition coefficient (Wildman–Crippen LogP) is 3.28. The largest absolute Gasteiger partial charge is 0.438 e. The van der Waals surface area contributed by atoms with E-state index in [1.54, 1.807) is 0 Å². The van der Waals surface area contributed by atoms with Gasteiger partial charge in [-0.15, -0.1) is 0 Å². The lowest BCUT2D eigenvalue weighted by atomic mass is 9.99. The molecular formula is C19H19N3O2. The van der Waals surface area contributed by atoms with Gasteiger partial charge in [-0.1, -0.05) is 37.3 Å². The Balaban J connectivity index is 1.78. The first-order chi connectivity index (χ1) is 11.8. The fraction of sp³-hybridized carbons (Fsp3) is 0.263. The third-order valence-electron chi connectivity index (χ3n) is 4.58. The fourth-order valence-corrected chi connectivity index (χ4v) is 3.41. The van der Waals surface area contributed by atoms with E-state index in [2.05, 4.69) is 33.9 Å². The van der Waals surface area contributed by atoms with Crippen LogP contribution >= 0.6 is 0 Å². The summed E-state index contributed by atoms with van der Waals surface area (Å²) in [6.07, 6.45) is 4.10. The highest BCUT2D eigenvalue weighted by atomic mass is 16.3. The maximum Gasteiger partial charge on any atom is 0.292 e. The van der Waals surface area contributed by atoms with Crippen molar-refractivity contribution in [2.24, 2.45) is 0 Å². The number of amides is 1. The van der Waals surface area contributed by atoms with Crippen molar-refractivity contribution < 1.29 is 9.21 Å². The van der Waals surface area contributed by atoms with Gasteiger partial charge in [0.1, 0.15) is 0 Å². The van der Waals surface area contributed by atoms with Crippen molar-refractivity contribution in [2.75, 3.05) is 6.54 Å². The summed E-state index contributed by atoms with van der Waals surface area (Å²) < 4.78 is 7.63. The number of nitrogens with zero attached hydrogens (tertiary/aromatic N) is 3. The molecule has 1 aliphatic rings. The summed E-state index contributed by atoms with van der Waals surface area (Å²) in [6.45, 7) is 3.40. The molecule has 0 saturated heterocycles. The van der Waals surface area contributed by atoms with Crippen LogP contribution < -0.4 is 0 Å². The van der Waals surface area contributed by atoms with E-state index in [4.69, 9.17) is 4.42 Å². The molecule has 5 nitrogen and oxygen atoms in total. The first-order valence-electron chi connectivity index (χ1n) is 8.23. The average Bonchev–Trinajstić information content (AvgIpc) is 3.29. The standard InChI is InChI=1S/C19H19N3O2/c1-2-15-18(24-13-20-15)19(23)22-12-11-21-10-6-9-16(21)17(22)14-7-4-3-5-8-14/h3-10,13,17H,2,11-12H2,1H3. The summed E-state index contributed by atoms with van der Waals surface area (Å²) in [5, 5.41) is 0. The van der Waals surface area contributed by atoms with Gasteiger partial charge in [0.05, 0.1) is 11.7 Å². The predicted molar refractivity (Wildman–Crippen MR) is 89.6 cm³/mol. The van der Waals surface area contributed by atoms with Crippen molar-refractivity contribution in [2.45, 2.75) is 25.9 Å². The normalized spacial score (nSPS) is 16.9. The number of oxazole rings is 1. The Bertz CT molecular complexity index is 850. The fourth-order valence-electron chi connectivity index (χ4n) is 3.41. The van der Waals surface area contributed by atoms with Crippen molar-refractivity contribution in [3.63, 3.8) is 0 Å². The zero-order chi connectivity index (χ0) is 16.5. The molecule has 1 aliphatic heterocycles. The number of hydrogen-bond donors (Lipinski definition) is 0. The number of carbonyl (C=O) groups is 1. The van der Waals surface area contributed by atoms with E-state index in [1.807, 2.05) is 36.1 Å². The van der Waals surface area contributed by atoms with Gasteiger partial charge in [-0.25, -0.2) is 4.98 Å². The number of benzene rings is 1. The van der Waals surface area contributed by atoms with Gasteiger partial charge in [-0.05, 0) is 24.1 Å². The molecule has 0 radical (unpaired) electrons. The summed E-state index contributed by atoms with van der Waals surface area (Å²) in [4.78, 5) is 19.2. The second-order valence-electron chi connectivity index (χ2n) is 5.92. The van der Waals surface area contributed by atoms with Crippen LogP contribution in [0.1, 0.15) is 40.5 Å². The van der Waals surface area contributed by atoms with Crippen LogP contribution in [0.5, 0.6) is 0 Å². The topological polar surface area (TPSA) is 51.3 Å². The van der Waals surface area contributed by atoms with E-state index >= 15 is 0 Å². The van der Waals surface area contributed by atoms with Crippen molar-refractivity contribution in [3.8, 4) is 0 Å². The highest BCUT2D eigenvalue weighted by Gasteiger charge is 2.34. The van der Waals surface area contributed by atoms with Crippen molar-refractivity contribution in [1.29, 1.82) is 0 Å². The molecule has 3 aromatic rings. The van der Waals surface area contributed by atoms with E-state index in [-0.39, 0.29) is 11.9 Å². The monoisotopic (exact) mass is 321 g/mol. The molecule has 122 valence electrons. The zero-order valence-corrected chi connectivity index (χ0v) is 13.6. The highest BCUT2D eigenvalue weighted by Crippen LogP contribution is 2.33. The van der Waals surface area contributed by atoms with E-state index < -0.39 is 0 Å². The van der Waals surface area contributed by atoms with E-state index in [1.165, 1.54) is 6.39 Å². The Kier molecular flexibility index (Phi) is 3.69. The van der Waals surface area contributed by atoms with Crippen LogP contribution in [0.4, 0.5) is 0 Å². The van der Waals surface area contributed by atoms with E-state index in [0.717, 1.165) is 17.8 Å². The Labute approximate surface area is 140 Å². The van der Waals surface area contributed by atoms with Crippen molar-refractivity contribution in [3.05, 3.63) is 77.8 Å². The lowest BCUT2D eigenvalue weighted by molar-refractivity contribution is 0.0630. The van der Waals surface area contributed by atoms with Crippen LogP contribution in [0.15, 0.2) is 59.5 Å². The smallest absolute Gasteiger partial charge is 0.292 e. The van der Waals surface area contributed by atoms with Crippen LogP contribution in [0, 0.1) is 0 Å². The Hall–Kier alpha value is -2.82. The van der Waals surface area contributed by atoms with Gasteiger partial charge in [0.2, 0.25) is 5.76 Å². The van der Waals surface area contributed by atoms with Gasteiger partial charge in [0.25, 0.3) is 5.91 Å². The van der Waals surface area contributed by atoms with Crippen LogP contribution in [-0.2, 0) is 13.0 Å². The minimum Gasteiger partial charge on any atom is -0.438 e. The van der Waals surface area contributed by atoms with Crippen LogP contribution in [0.25, 0.3) is 0 Å². The van der Waals surface area contributed by atoms with Crippen LogP contribution in [0.2, 0.25) is 0 Å². The van der Waals surface area contributed by atoms with E-state index in [9.17, 15) is 4.79 Å². The van der Waals surface area contributed by atoms with Gasteiger partial charge < -0.3 is 13.9 Å². The molecule has 0 N–H and O–H groups in total. The maximum absolute atomic E-state index is 13.1. The minimum absolute atomic E-state index is 0.0920. The maximum atomic E-state index is 13.1. The number of fused-ring (bicyclic) bond motifs is 1. The van der Waals surface area contributed by atoms with E-state index in [0.29, 0.717) is 24.4 Å². The van der Waals surface area contributed by atoms with Gasteiger partial charge in [0.15, 0.2) is 6.39 Å². The molecule has 2 aromatic heterocycles. The third kappa shape index (κ3) is 2.33. The highest BCUT2D eigenvalue weighted by molar-refractivity contribution is 5.93. The molecule has 0 saturated carbocycles. The Morgan fingerprint density at radius 2 is 2.04 bits per heavy atom. The molecule has 24 heavy (non-hydrogen) atoms. The van der Waals surface area contributed by atoms with Gasteiger partial charge in [-0.2, -0.15) is 0 Å². The first-order valence-corrected chi connectivity index (χ1v) is 8.23. The summed E-state index contributed by atoms with van der Waals surface area (Å²) in [7, 11) is 0. The summed E-state index contributed by atoms with van der Waals surface area (Å²) in [5.41, 5.74) is 2.94. The number of carbonyl (C=O) groups excluding carboxylic acids is 1. The molecule has 1 amide bonds. The molecule has 3 heterocycles. The number of aromatic nitrogens is 2. The lowest BCUT2D eigenvalue weighted by Gasteiger charge is -2.37. The quantitative estimate of drug-likeness (QED) is 0.744. The second-order valence-corrected chi connectivity index (χ2v) is 5.92. The summed E-state index contributed by atoms with van der Waals surface area (Å²) in [5.74, 6) is 0.268. The van der Waals surface area contributed by atoms with Gasteiger partial charge >= 0.3 is 0 Å². The molecule has 1 aromatic carbocycles. The van der Waals surface area contributed by atoms with Gasteiger partial charge in [0, 0.05) is 25.0 Å². The number of aryl methyl sites for hydroxylation is 1. The third-order valence-corrected chi connectivity index (χ3v) is 4.58. The van der Waals surface area contributed by atoms with Gasteiger partial charge in [-0.3, -0.25) is 4.79 Å². The SMILES string of the molecule is CCc1ncoc1C(=O)N1CCn2cccc2C1c1ccccc1. The summed E-state index contributed by atoms with van der Waals surface area (Å²) in [6, 6.07) is 14.1. The second kappa shape index (κ2) is 6.00. The molecule has 0 aliphatic carbocycles. The number of rotatable bonds is 3. The molecule has 5 heteroatoms. The Morgan fingerprint density at radius 1 is 1.21 bits per heavy atom. The molecule has 0 fully saturated rings. The molecule has 0 spiro atoms. The molecular weight excluding hydrogens is 302 g/mol. The number of hydrogen-bond acceptors (Lipinski definition) is 3. The Morgan fingerprint density at radius 3 is 2.83 bits per heavy atom. The molecule has 0 bridgehead atoms. The van der Waals surface area contributed by atoms with Crippen molar-refractivity contribution >= 4 is 5.91 Å². The molecule has 1 unspecified atom stereocenters. The summed E-state index contributed by atoms with van der Waals surface area (Å²) >= 11 is 0. The zero-order valence-electron chi connectivity index (χ0n) is 13.6. The van der Waals surface area contributed by atoms with Crippen molar-refractivity contribution in [1.82, 2.24) is 14.5 Å². The van der Waals surface area contributed by atoms with Crippen LogP contribution in [0.3, 0.4) is 0 Å². The average molecular weight is 321 g/mol. The lowest BCUT2D eigenvalue weighted by Crippen LogP contribution is -2.42.